The SMILES string of the molecule is CC(C)N(C)CC(=O)N1CCC(O)(c2cn(C(C)C)nn2)C1. The van der Waals surface area contributed by atoms with Gasteiger partial charge in [-0.2, -0.15) is 0 Å². The summed E-state index contributed by atoms with van der Waals surface area (Å²) >= 11 is 0. The molecule has 22 heavy (non-hydrogen) atoms. The number of aromatic nitrogens is 3. The summed E-state index contributed by atoms with van der Waals surface area (Å²) in [6.45, 7) is 9.33. The average Bonchev–Trinajstić information content (AvgIpc) is 3.05. The molecule has 7 heteroatoms. The van der Waals surface area contributed by atoms with Crippen LogP contribution < -0.4 is 0 Å². The molecule has 1 atom stereocenters. The summed E-state index contributed by atoms with van der Waals surface area (Å²) in [5.74, 6) is 0.0448. The maximum atomic E-state index is 12.3. The van der Waals surface area contributed by atoms with Crippen LogP contribution in [0.5, 0.6) is 0 Å². The van der Waals surface area contributed by atoms with E-state index in [1.54, 1.807) is 15.8 Å². The molecule has 2 heterocycles. The summed E-state index contributed by atoms with van der Waals surface area (Å²) in [6, 6.07) is 0.514. The lowest BCUT2D eigenvalue weighted by Crippen LogP contribution is -2.41. The molecule has 0 aromatic carbocycles. The minimum absolute atomic E-state index is 0.0448. The molecule has 1 saturated heterocycles. The molecule has 0 aliphatic carbocycles. The lowest BCUT2D eigenvalue weighted by atomic mass is 10.00. The van der Waals surface area contributed by atoms with Crippen molar-refractivity contribution in [2.75, 3.05) is 26.7 Å². The summed E-state index contributed by atoms with van der Waals surface area (Å²) in [5.41, 5.74) is -0.534. The van der Waals surface area contributed by atoms with Crippen LogP contribution in [0.1, 0.15) is 45.9 Å². The van der Waals surface area contributed by atoms with Crippen LogP contribution in [0.15, 0.2) is 6.20 Å². The van der Waals surface area contributed by atoms with Crippen molar-refractivity contribution < 1.29 is 9.90 Å². The second-order valence-electron chi connectivity index (χ2n) is 6.78. The maximum Gasteiger partial charge on any atom is 0.236 e. The largest absolute Gasteiger partial charge is 0.381 e. The van der Waals surface area contributed by atoms with Gasteiger partial charge in [-0.15, -0.1) is 5.10 Å². The first-order chi connectivity index (χ1) is 10.2. The molecule has 124 valence electrons. The summed E-state index contributed by atoms with van der Waals surface area (Å²) in [5, 5.41) is 18.9. The van der Waals surface area contributed by atoms with Gasteiger partial charge < -0.3 is 10.0 Å². The van der Waals surface area contributed by atoms with Crippen LogP contribution in [0.3, 0.4) is 0 Å². The van der Waals surface area contributed by atoms with E-state index in [-0.39, 0.29) is 18.5 Å². The van der Waals surface area contributed by atoms with Crippen molar-refractivity contribution in [3.05, 3.63) is 11.9 Å². The van der Waals surface area contributed by atoms with Crippen molar-refractivity contribution in [1.29, 1.82) is 0 Å². The van der Waals surface area contributed by atoms with E-state index in [0.29, 0.717) is 31.2 Å². The summed E-state index contributed by atoms with van der Waals surface area (Å²) < 4.78 is 1.73. The number of likely N-dealkylation sites (N-methyl/N-ethyl adjacent to an activating group) is 1. The van der Waals surface area contributed by atoms with Gasteiger partial charge in [-0.3, -0.25) is 9.69 Å². The smallest absolute Gasteiger partial charge is 0.236 e. The van der Waals surface area contributed by atoms with E-state index in [4.69, 9.17) is 0 Å². The van der Waals surface area contributed by atoms with Crippen LogP contribution in [0.4, 0.5) is 0 Å². The van der Waals surface area contributed by atoms with E-state index in [1.807, 2.05) is 25.8 Å². The number of carbonyl (C=O) groups excluding carboxylic acids is 1. The zero-order chi connectivity index (χ0) is 16.5. The second kappa shape index (κ2) is 6.34. The lowest BCUT2D eigenvalue weighted by Gasteiger charge is -2.25. The van der Waals surface area contributed by atoms with Crippen LogP contribution in [0, 0.1) is 0 Å². The van der Waals surface area contributed by atoms with E-state index in [9.17, 15) is 9.90 Å². The predicted molar refractivity (Wildman–Crippen MR) is 83.3 cm³/mol. The fraction of sp³-hybridized carbons (Fsp3) is 0.800. The Kier molecular flexibility index (Phi) is 4.87. The Bertz CT molecular complexity index is 528. The molecule has 0 radical (unpaired) electrons. The lowest BCUT2D eigenvalue weighted by molar-refractivity contribution is -0.132. The molecule has 1 aromatic rings. The highest BCUT2D eigenvalue weighted by Crippen LogP contribution is 2.30. The zero-order valence-electron chi connectivity index (χ0n) is 14.2. The number of carbonyl (C=O) groups is 1. The quantitative estimate of drug-likeness (QED) is 0.863. The first-order valence-corrected chi connectivity index (χ1v) is 7.85. The van der Waals surface area contributed by atoms with Crippen LogP contribution in [0.25, 0.3) is 0 Å². The fourth-order valence-corrected chi connectivity index (χ4v) is 2.45. The van der Waals surface area contributed by atoms with E-state index in [2.05, 4.69) is 24.2 Å². The maximum absolute atomic E-state index is 12.3. The van der Waals surface area contributed by atoms with Gasteiger partial charge in [0, 0.05) is 25.0 Å². The average molecular weight is 309 g/mol. The molecule has 1 aliphatic heterocycles. The van der Waals surface area contributed by atoms with Crippen molar-refractivity contribution >= 4 is 5.91 Å². The minimum Gasteiger partial charge on any atom is -0.381 e. The van der Waals surface area contributed by atoms with Crippen molar-refractivity contribution in [2.24, 2.45) is 0 Å². The molecular weight excluding hydrogens is 282 g/mol. The van der Waals surface area contributed by atoms with Crippen LogP contribution in [-0.2, 0) is 10.4 Å². The van der Waals surface area contributed by atoms with Crippen molar-refractivity contribution in [3.8, 4) is 0 Å². The van der Waals surface area contributed by atoms with Gasteiger partial charge in [-0.25, -0.2) is 4.68 Å². The number of rotatable bonds is 5. The number of aliphatic hydroxyl groups is 1. The predicted octanol–water partition coefficient (Wildman–Crippen LogP) is 0.619. The number of hydrogen-bond acceptors (Lipinski definition) is 5. The Morgan fingerprint density at radius 1 is 1.45 bits per heavy atom. The molecule has 1 unspecified atom stereocenters. The number of nitrogens with zero attached hydrogens (tertiary/aromatic N) is 5. The number of hydrogen-bond donors (Lipinski definition) is 1. The Hall–Kier alpha value is -1.47. The zero-order valence-corrected chi connectivity index (χ0v) is 14.2. The molecule has 1 N–H and O–H groups in total. The summed E-state index contributed by atoms with van der Waals surface area (Å²) in [6.07, 6.45) is 2.28. The Labute approximate surface area is 131 Å². The van der Waals surface area contributed by atoms with Gasteiger partial charge >= 0.3 is 0 Å². The summed E-state index contributed by atoms with van der Waals surface area (Å²) in [7, 11) is 1.93. The molecule has 1 fully saturated rings. The van der Waals surface area contributed by atoms with Crippen LogP contribution in [-0.4, -0.2) is 68.5 Å². The van der Waals surface area contributed by atoms with Gasteiger partial charge in [-0.1, -0.05) is 5.21 Å². The Morgan fingerprint density at radius 3 is 2.68 bits per heavy atom. The first kappa shape index (κ1) is 16.9. The minimum atomic E-state index is -1.08. The van der Waals surface area contributed by atoms with E-state index >= 15 is 0 Å². The molecule has 2 rings (SSSR count). The van der Waals surface area contributed by atoms with Crippen molar-refractivity contribution in [3.63, 3.8) is 0 Å². The van der Waals surface area contributed by atoms with E-state index in [1.165, 1.54) is 0 Å². The van der Waals surface area contributed by atoms with Crippen molar-refractivity contribution in [2.45, 2.75) is 51.8 Å². The molecule has 1 aromatic heterocycles. The molecule has 0 bridgehead atoms. The van der Waals surface area contributed by atoms with Gasteiger partial charge in [0.05, 0.1) is 19.3 Å². The molecule has 1 aliphatic rings. The third-order valence-electron chi connectivity index (χ3n) is 4.38. The third-order valence-corrected chi connectivity index (χ3v) is 4.38. The van der Waals surface area contributed by atoms with Crippen LogP contribution in [0.2, 0.25) is 0 Å². The Morgan fingerprint density at radius 2 is 2.14 bits per heavy atom. The topological polar surface area (TPSA) is 74.5 Å². The van der Waals surface area contributed by atoms with Crippen molar-refractivity contribution in [1.82, 2.24) is 24.8 Å². The third kappa shape index (κ3) is 3.47. The standard InChI is InChI=1S/C15H27N5O2/c1-11(2)18(5)9-14(21)19-7-6-15(22,10-19)13-8-20(12(3)4)17-16-13/h8,11-12,22H,6-7,9-10H2,1-5H3. The van der Waals surface area contributed by atoms with E-state index < -0.39 is 5.60 Å². The van der Waals surface area contributed by atoms with Gasteiger partial charge in [0.2, 0.25) is 5.91 Å². The monoisotopic (exact) mass is 309 g/mol. The van der Waals surface area contributed by atoms with Gasteiger partial charge in [-0.05, 0) is 34.7 Å². The summed E-state index contributed by atoms with van der Waals surface area (Å²) in [4.78, 5) is 16.0. The number of amides is 1. The Balaban J connectivity index is 2.02. The molecular formula is C15H27N5O2. The molecule has 7 nitrogen and oxygen atoms in total. The highest BCUT2D eigenvalue weighted by atomic mass is 16.3. The number of likely N-dealkylation sites (tertiary alicyclic amines) is 1. The highest BCUT2D eigenvalue weighted by Gasteiger charge is 2.42. The van der Waals surface area contributed by atoms with E-state index in [0.717, 1.165) is 0 Å². The van der Waals surface area contributed by atoms with Crippen LogP contribution >= 0.6 is 0 Å². The fourth-order valence-electron chi connectivity index (χ4n) is 2.45. The number of β-amino-alcohol motifs (C(OH)–C–C–N with tert-alkyl or cyclic N) is 1. The highest BCUT2D eigenvalue weighted by molar-refractivity contribution is 5.78. The molecule has 0 spiro atoms. The molecule has 1 amide bonds. The van der Waals surface area contributed by atoms with Gasteiger partial charge in [0.1, 0.15) is 11.3 Å². The second-order valence-corrected chi connectivity index (χ2v) is 6.78. The normalized spacial score (nSPS) is 22.3. The first-order valence-electron chi connectivity index (χ1n) is 7.85. The van der Waals surface area contributed by atoms with Gasteiger partial charge in [0.15, 0.2) is 0 Å². The molecule has 0 saturated carbocycles. The van der Waals surface area contributed by atoms with Gasteiger partial charge in [0.25, 0.3) is 0 Å².